The van der Waals surface area contributed by atoms with Crippen molar-refractivity contribution in [2.45, 2.75) is 19.7 Å². The molecule has 0 aliphatic rings. The van der Waals surface area contributed by atoms with Gasteiger partial charge in [0, 0.05) is 11.4 Å². The molecule has 156 valence electrons. The molecular formula is C20H22F3N3O3. The van der Waals surface area contributed by atoms with Crippen molar-refractivity contribution in [2.75, 3.05) is 30.8 Å². The minimum absolute atomic E-state index is 0.00380. The van der Waals surface area contributed by atoms with Crippen molar-refractivity contribution in [2.24, 2.45) is 0 Å². The summed E-state index contributed by atoms with van der Waals surface area (Å²) in [6, 6.07) is 12.3. The molecule has 9 heteroatoms. The number of carbonyl (C=O) groups excluding carboxylic acids is 2. The molecule has 0 spiro atoms. The minimum atomic E-state index is -4.77. The Bertz CT molecular complexity index is 839. The van der Waals surface area contributed by atoms with Gasteiger partial charge in [0.15, 0.2) is 0 Å². The quantitative estimate of drug-likeness (QED) is 0.698. The van der Waals surface area contributed by atoms with Gasteiger partial charge >= 0.3 is 6.36 Å². The molecule has 0 bridgehead atoms. The zero-order valence-electron chi connectivity index (χ0n) is 16.0. The number of ether oxygens (including phenoxy) is 1. The number of alkyl halides is 3. The SMILES string of the molecule is CCc1ccccc1NC(=O)CN(C)CC(=O)Nc1ccc(OC(F)(F)F)cc1. The molecule has 0 aliphatic carbocycles. The van der Waals surface area contributed by atoms with Crippen LogP contribution in [0.1, 0.15) is 12.5 Å². The van der Waals surface area contributed by atoms with Crippen LogP contribution in [0.5, 0.6) is 5.75 Å². The molecule has 2 N–H and O–H groups in total. The fraction of sp³-hybridized carbons (Fsp3) is 0.300. The second-order valence-corrected chi connectivity index (χ2v) is 6.35. The van der Waals surface area contributed by atoms with Crippen LogP contribution in [0.3, 0.4) is 0 Å². The van der Waals surface area contributed by atoms with E-state index in [0.29, 0.717) is 5.69 Å². The predicted octanol–water partition coefficient (Wildman–Crippen LogP) is 3.66. The summed E-state index contributed by atoms with van der Waals surface area (Å²) in [7, 11) is 1.62. The van der Waals surface area contributed by atoms with Gasteiger partial charge in [0.05, 0.1) is 13.1 Å². The van der Waals surface area contributed by atoms with E-state index in [2.05, 4.69) is 15.4 Å². The molecule has 2 aromatic rings. The average molecular weight is 409 g/mol. The Kier molecular flexibility index (Phi) is 7.60. The number of amides is 2. The normalized spacial score (nSPS) is 11.2. The highest BCUT2D eigenvalue weighted by Crippen LogP contribution is 2.24. The molecule has 6 nitrogen and oxygen atoms in total. The van der Waals surface area contributed by atoms with E-state index in [-0.39, 0.29) is 24.7 Å². The van der Waals surface area contributed by atoms with E-state index in [9.17, 15) is 22.8 Å². The Hall–Kier alpha value is -3.07. The Morgan fingerprint density at radius 3 is 2.14 bits per heavy atom. The lowest BCUT2D eigenvalue weighted by atomic mass is 10.1. The third-order valence-corrected chi connectivity index (χ3v) is 3.87. The van der Waals surface area contributed by atoms with E-state index < -0.39 is 12.3 Å². The van der Waals surface area contributed by atoms with Gasteiger partial charge in [-0.25, -0.2) is 0 Å². The van der Waals surface area contributed by atoms with E-state index in [4.69, 9.17) is 0 Å². The maximum absolute atomic E-state index is 12.2. The topological polar surface area (TPSA) is 70.7 Å². The van der Waals surface area contributed by atoms with Crippen molar-refractivity contribution in [3.63, 3.8) is 0 Å². The average Bonchev–Trinajstić information content (AvgIpc) is 2.62. The van der Waals surface area contributed by atoms with Gasteiger partial charge in [0.1, 0.15) is 5.75 Å². The molecule has 0 unspecified atom stereocenters. The predicted molar refractivity (Wildman–Crippen MR) is 104 cm³/mol. The maximum atomic E-state index is 12.2. The highest BCUT2D eigenvalue weighted by atomic mass is 19.4. The summed E-state index contributed by atoms with van der Waals surface area (Å²) < 4.78 is 40.2. The maximum Gasteiger partial charge on any atom is 0.573 e. The van der Waals surface area contributed by atoms with Gasteiger partial charge in [-0.3, -0.25) is 14.5 Å². The van der Waals surface area contributed by atoms with Gasteiger partial charge in [-0.2, -0.15) is 0 Å². The van der Waals surface area contributed by atoms with Crippen molar-refractivity contribution in [3.8, 4) is 5.75 Å². The van der Waals surface area contributed by atoms with Crippen molar-refractivity contribution >= 4 is 23.2 Å². The largest absolute Gasteiger partial charge is 0.573 e. The Morgan fingerprint density at radius 2 is 1.55 bits per heavy atom. The summed E-state index contributed by atoms with van der Waals surface area (Å²) in [4.78, 5) is 25.8. The summed E-state index contributed by atoms with van der Waals surface area (Å²) in [6.45, 7) is 1.93. The summed E-state index contributed by atoms with van der Waals surface area (Å²) in [5.41, 5.74) is 2.07. The number of carbonyl (C=O) groups is 2. The fourth-order valence-electron chi connectivity index (χ4n) is 2.63. The number of anilines is 2. The van der Waals surface area contributed by atoms with Crippen molar-refractivity contribution < 1.29 is 27.5 Å². The lowest BCUT2D eigenvalue weighted by Gasteiger charge is -2.17. The molecule has 0 aliphatic heterocycles. The monoisotopic (exact) mass is 409 g/mol. The van der Waals surface area contributed by atoms with Crippen LogP contribution >= 0.6 is 0 Å². The third-order valence-electron chi connectivity index (χ3n) is 3.87. The minimum Gasteiger partial charge on any atom is -0.406 e. The van der Waals surface area contributed by atoms with E-state index in [1.54, 1.807) is 7.05 Å². The third kappa shape index (κ3) is 7.82. The molecule has 29 heavy (non-hydrogen) atoms. The number of hydrogen-bond acceptors (Lipinski definition) is 4. The molecule has 0 saturated heterocycles. The number of benzene rings is 2. The molecule has 0 atom stereocenters. The molecule has 0 fully saturated rings. The number of halogens is 3. The van der Waals surface area contributed by atoms with Crippen LogP contribution < -0.4 is 15.4 Å². The number of para-hydroxylation sites is 1. The smallest absolute Gasteiger partial charge is 0.406 e. The van der Waals surface area contributed by atoms with Gasteiger partial charge in [0.25, 0.3) is 0 Å². The molecular weight excluding hydrogens is 387 g/mol. The van der Waals surface area contributed by atoms with Crippen LogP contribution in [-0.4, -0.2) is 43.2 Å². The molecule has 0 heterocycles. The first kappa shape index (κ1) is 22.2. The van der Waals surface area contributed by atoms with Crippen molar-refractivity contribution in [3.05, 3.63) is 54.1 Å². The van der Waals surface area contributed by atoms with Crippen LogP contribution in [0.25, 0.3) is 0 Å². The number of rotatable bonds is 8. The molecule has 0 saturated carbocycles. The summed E-state index contributed by atoms with van der Waals surface area (Å²) >= 11 is 0. The lowest BCUT2D eigenvalue weighted by Crippen LogP contribution is -2.36. The first-order chi connectivity index (χ1) is 13.7. The van der Waals surface area contributed by atoms with E-state index in [0.717, 1.165) is 29.8 Å². The summed E-state index contributed by atoms with van der Waals surface area (Å²) in [5.74, 6) is -1.04. The van der Waals surface area contributed by atoms with Crippen molar-refractivity contribution in [1.82, 2.24) is 4.90 Å². The number of aryl methyl sites for hydroxylation is 1. The summed E-state index contributed by atoms with van der Waals surface area (Å²) in [6.07, 6.45) is -3.99. The number of nitrogens with zero attached hydrogens (tertiary/aromatic N) is 1. The standard InChI is InChI=1S/C20H22F3N3O3/c1-3-14-6-4-5-7-17(14)25-19(28)13-26(2)12-18(27)24-15-8-10-16(11-9-15)29-20(21,22)23/h4-11H,3,12-13H2,1-2H3,(H,24,27)(H,25,28). The lowest BCUT2D eigenvalue weighted by molar-refractivity contribution is -0.274. The van der Waals surface area contributed by atoms with Gasteiger partial charge < -0.3 is 15.4 Å². The van der Waals surface area contributed by atoms with Crippen LogP contribution in [0, 0.1) is 0 Å². The second kappa shape index (κ2) is 9.92. The van der Waals surface area contributed by atoms with Crippen molar-refractivity contribution in [1.29, 1.82) is 0 Å². The second-order valence-electron chi connectivity index (χ2n) is 6.35. The summed E-state index contributed by atoms with van der Waals surface area (Å²) in [5, 5.41) is 5.38. The Labute approximate surface area is 166 Å². The number of likely N-dealkylation sites (N-methyl/N-ethyl adjacent to an activating group) is 1. The number of hydrogen-bond donors (Lipinski definition) is 2. The highest BCUT2D eigenvalue weighted by molar-refractivity contribution is 5.95. The van der Waals surface area contributed by atoms with Gasteiger partial charge in [0.2, 0.25) is 11.8 Å². The Balaban J connectivity index is 1.81. The zero-order valence-corrected chi connectivity index (χ0v) is 16.0. The molecule has 0 radical (unpaired) electrons. The van der Waals surface area contributed by atoms with Gasteiger partial charge in [-0.15, -0.1) is 13.2 Å². The van der Waals surface area contributed by atoms with Gasteiger partial charge in [-0.05, 0) is 49.4 Å². The number of nitrogens with one attached hydrogen (secondary N) is 2. The first-order valence-corrected chi connectivity index (χ1v) is 8.88. The highest BCUT2D eigenvalue weighted by Gasteiger charge is 2.30. The van der Waals surface area contributed by atoms with Crippen LogP contribution in [-0.2, 0) is 16.0 Å². The van der Waals surface area contributed by atoms with E-state index in [1.165, 1.54) is 17.0 Å². The first-order valence-electron chi connectivity index (χ1n) is 8.88. The molecule has 2 rings (SSSR count). The fourth-order valence-corrected chi connectivity index (χ4v) is 2.63. The molecule has 2 amide bonds. The van der Waals surface area contributed by atoms with E-state index >= 15 is 0 Å². The van der Waals surface area contributed by atoms with Gasteiger partial charge in [-0.1, -0.05) is 25.1 Å². The molecule has 2 aromatic carbocycles. The van der Waals surface area contributed by atoms with E-state index in [1.807, 2.05) is 31.2 Å². The van der Waals surface area contributed by atoms with Crippen LogP contribution in [0.15, 0.2) is 48.5 Å². The zero-order chi connectivity index (χ0) is 21.4. The Morgan fingerprint density at radius 1 is 0.966 bits per heavy atom. The molecule has 0 aromatic heterocycles. The van der Waals surface area contributed by atoms with Crippen LogP contribution in [0.4, 0.5) is 24.5 Å². The van der Waals surface area contributed by atoms with Crippen LogP contribution in [0.2, 0.25) is 0 Å².